The number of benzene rings is 2. The maximum Gasteiger partial charge on any atom is 0.322 e. The average molecular weight is 363 g/mol. The number of methoxy groups -OCH3 is 1. The van der Waals surface area contributed by atoms with Gasteiger partial charge in [-0.25, -0.2) is 4.79 Å². The topological polar surface area (TPSA) is 46.5 Å². The van der Waals surface area contributed by atoms with Gasteiger partial charge in [-0.15, -0.1) is 0 Å². The van der Waals surface area contributed by atoms with Crippen LogP contribution in [0.4, 0.5) is 10.5 Å². The van der Waals surface area contributed by atoms with Gasteiger partial charge in [-0.05, 0) is 29.8 Å². The Morgan fingerprint density at radius 3 is 2.41 bits per heavy atom. The average Bonchev–Trinajstić information content (AvgIpc) is 3.13. The van der Waals surface area contributed by atoms with E-state index in [9.17, 15) is 4.79 Å². The summed E-state index contributed by atoms with van der Waals surface area (Å²) in [7, 11) is 1.64. The number of anilines is 1. The number of para-hydroxylation sites is 1. The summed E-state index contributed by atoms with van der Waals surface area (Å²) in [4.78, 5) is 14.5. The highest BCUT2D eigenvalue weighted by molar-refractivity contribution is 5.89. The Morgan fingerprint density at radius 1 is 1.00 bits per heavy atom. The SMILES string of the molecule is COCCN(Cc1cccn1Cc1ccccc1)C(=O)Nc1ccccc1. The summed E-state index contributed by atoms with van der Waals surface area (Å²) < 4.78 is 7.36. The number of aromatic nitrogens is 1. The standard InChI is InChI=1S/C22H25N3O2/c1-27-16-15-25(22(26)23-20-11-6-3-7-12-20)18-21-13-8-14-24(21)17-19-9-4-2-5-10-19/h2-14H,15-18H2,1H3,(H,23,26). The van der Waals surface area contributed by atoms with Crippen LogP contribution in [0.25, 0.3) is 0 Å². The van der Waals surface area contributed by atoms with Crippen LogP contribution in [0.1, 0.15) is 11.3 Å². The number of nitrogens with zero attached hydrogens (tertiary/aromatic N) is 2. The molecule has 3 rings (SSSR count). The van der Waals surface area contributed by atoms with Crippen molar-refractivity contribution in [1.29, 1.82) is 0 Å². The van der Waals surface area contributed by atoms with E-state index in [0.29, 0.717) is 19.7 Å². The van der Waals surface area contributed by atoms with Gasteiger partial charge in [0.1, 0.15) is 0 Å². The van der Waals surface area contributed by atoms with Crippen LogP contribution in [-0.4, -0.2) is 35.8 Å². The van der Waals surface area contributed by atoms with Crippen molar-refractivity contribution in [2.75, 3.05) is 25.6 Å². The Bertz CT molecular complexity index is 831. The van der Waals surface area contributed by atoms with E-state index in [1.807, 2.05) is 60.8 Å². The zero-order valence-electron chi connectivity index (χ0n) is 15.5. The van der Waals surface area contributed by atoms with E-state index in [-0.39, 0.29) is 6.03 Å². The summed E-state index contributed by atoms with van der Waals surface area (Å²) in [5.41, 5.74) is 3.09. The second-order valence-corrected chi connectivity index (χ2v) is 6.32. The first kappa shape index (κ1) is 18.7. The van der Waals surface area contributed by atoms with Crippen molar-refractivity contribution >= 4 is 11.7 Å². The summed E-state index contributed by atoms with van der Waals surface area (Å²) in [6.45, 7) is 2.30. The molecule has 1 heterocycles. The number of rotatable bonds is 8. The molecule has 0 spiro atoms. The van der Waals surface area contributed by atoms with E-state index in [0.717, 1.165) is 17.9 Å². The molecule has 0 saturated heterocycles. The van der Waals surface area contributed by atoms with Crippen LogP contribution in [0.15, 0.2) is 79.0 Å². The lowest BCUT2D eigenvalue weighted by Crippen LogP contribution is -2.37. The van der Waals surface area contributed by atoms with Gasteiger partial charge in [-0.1, -0.05) is 48.5 Å². The molecule has 140 valence electrons. The lowest BCUT2D eigenvalue weighted by molar-refractivity contribution is 0.152. The van der Waals surface area contributed by atoms with Gasteiger partial charge in [0.25, 0.3) is 0 Å². The first-order chi connectivity index (χ1) is 13.3. The molecule has 0 radical (unpaired) electrons. The van der Waals surface area contributed by atoms with E-state index in [1.54, 1.807) is 12.0 Å². The molecular weight excluding hydrogens is 338 g/mol. The van der Waals surface area contributed by atoms with Gasteiger partial charge in [0.05, 0.1) is 13.2 Å². The highest BCUT2D eigenvalue weighted by Crippen LogP contribution is 2.13. The molecule has 1 N–H and O–H groups in total. The van der Waals surface area contributed by atoms with Gasteiger partial charge in [-0.2, -0.15) is 0 Å². The molecule has 2 aromatic carbocycles. The zero-order valence-corrected chi connectivity index (χ0v) is 15.5. The van der Waals surface area contributed by atoms with Crippen LogP contribution in [0.2, 0.25) is 0 Å². The van der Waals surface area contributed by atoms with Crippen LogP contribution >= 0.6 is 0 Å². The molecule has 0 bridgehead atoms. The first-order valence-electron chi connectivity index (χ1n) is 9.04. The highest BCUT2D eigenvalue weighted by Gasteiger charge is 2.16. The van der Waals surface area contributed by atoms with Crippen LogP contribution in [0.3, 0.4) is 0 Å². The summed E-state index contributed by atoms with van der Waals surface area (Å²) in [6, 6.07) is 23.7. The van der Waals surface area contributed by atoms with Crippen molar-refractivity contribution < 1.29 is 9.53 Å². The zero-order chi connectivity index (χ0) is 18.9. The molecule has 5 nitrogen and oxygen atoms in total. The minimum Gasteiger partial charge on any atom is -0.383 e. The molecule has 3 aromatic rings. The molecule has 2 amide bonds. The molecule has 5 heteroatoms. The van der Waals surface area contributed by atoms with E-state index >= 15 is 0 Å². The normalized spacial score (nSPS) is 10.6. The molecule has 0 saturated carbocycles. The Hall–Kier alpha value is -3.05. The fourth-order valence-electron chi connectivity index (χ4n) is 2.90. The second kappa shape index (κ2) is 9.59. The fraction of sp³-hybridized carbons (Fsp3) is 0.227. The first-order valence-corrected chi connectivity index (χ1v) is 9.04. The van der Waals surface area contributed by atoms with Crippen molar-refractivity contribution in [3.05, 3.63) is 90.3 Å². The third-order valence-corrected chi connectivity index (χ3v) is 4.35. The van der Waals surface area contributed by atoms with E-state index in [2.05, 4.69) is 28.1 Å². The number of hydrogen-bond acceptors (Lipinski definition) is 2. The van der Waals surface area contributed by atoms with Gasteiger partial charge in [-0.3, -0.25) is 0 Å². The third kappa shape index (κ3) is 5.46. The lowest BCUT2D eigenvalue weighted by atomic mass is 10.2. The van der Waals surface area contributed by atoms with Gasteiger partial charge in [0.2, 0.25) is 0 Å². The largest absolute Gasteiger partial charge is 0.383 e. The molecule has 27 heavy (non-hydrogen) atoms. The Balaban J connectivity index is 1.71. The minimum atomic E-state index is -0.134. The van der Waals surface area contributed by atoms with E-state index in [4.69, 9.17) is 4.74 Å². The molecular formula is C22H25N3O2. The van der Waals surface area contributed by atoms with Crippen LogP contribution in [0.5, 0.6) is 0 Å². The molecule has 0 fully saturated rings. The van der Waals surface area contributed by atoms with Crippen LogP contribution in [-0.2, 0) is 17.8 Å². The molecule has 0 aliphatic heterocycles. The summed E-state index contributed by atoms with van der Waals surface area (Å²) in [6.07, 6.45) is 2.05. The summed E-state index contributed by atoms with van der Waals surface area (Å²) in [5.74, 6) is 0. The van der Waals surface area contributed by atoms with Crippen LogP contribution < -0.4 is 5.32 Å². The maximum atomic E-state index is 12.8. The van der Waals surface area contributed by atoms with Gasteiger partial charge in [0.15, 0.2) is 0 Å². The quantitative estimate of drug-likeness (QED) is 0.651. The van der Waals surface area contributed by atoms with Crippen molar-refractivity contribution in [3.8, 4) is 0 Å². The summed E-state index contributed by atoms with van der Waals surface area (Å²) >= 11 is 0. The second-order valence-electron chi connectivity index (χ2n) is 6.32. The number of nitrogens with one attached hydrogen (secondary N) is 1. The third-order valence-electron chi connectivity index (χ3n) is 4.35. The van der Waals surface area contributed by atoms with Gasteiger partial charge >= 0.3 is 6.03 Å². The predicted molar refractivity (Wildman–Crippen MR) is 108 cm³/mol. The minimum absolute atomic E-state index is 0.134. The molecule has 0 unspecified atom stereocenters. The maximum absolute atomic E-state index is 12.8. The van der Waals surface area contributed by atoms with Crippen molar-refractivity contribution in [1.82, 2.24) is 9.47 Å². The van der Waals surface area contributed by atoms with E-state index in [1.165, 1.54) is 5.56 Å². The summed E-state index contributed by atoms with van der Waals surface area (Å²) in [5, 5.41) is 2.95. The Morgan fingerprint density at radius 2 is 1.70 bits per heavy atom. The van der Waals surface area contributed by atoms with Crippen molar-refractivity contribution in [3.63, 3.8) is 0 Å². The predicted octanol–water partition coefficient (Wildman–Crippen LogP) is 4.22. The number of ether oxygens (including phenoxy) is 1. The molecule has 0 aliphatic carbocycles. The molecule has 0 aliphatic rings. The number of urea groups is 1. The molecule has 0 atom stereocenters. The van der Waals surface area contributed by atoms with Crippen molar-refractivity contribution in [2.45, 2.75) is 13.1 Å². The van der Waals surface area contributed by atoms with Gasteiger partial charge in [0, 0.05) is 37.8 Å². The van der Waals surface area contributed by atoms with Crippen LogP contribution in [0, 0.1) is 0 Å². The number of amides is 2. The molecule has 1 aromatic heterocycles. The smallest absolute Gasteiger partial charge is 0.322 e. The Labute approximate surface area is 160 Å². The van der Waals surface area contributed by atoms with E-state index < -0.39 is 0 Å². The fourth-order valence-corrected chi connectivity index (χ4v) is 2.90. The van der Waals surface area contributed by atoms with Gasteiger partial charge < -0.3 is 19.5 Å². The highest BCUT2D eigenvalue weighted by atomic mass is 16.5. The lowest BCUT2D eigenvalue weighted by Gasteiger charge is -2.24. The number of hydrogen-bond donors (Lipinski definition) is 1. The Kier molecular flexibility index (Phi) is 6.66. The van der Waals surface area contributed by atoms with Crippen molar-refractivity contribution in [2.24, 2.45) is 0 Å². The number of carbonyl (C=O) groups excluding carboxylic acids is 1. The number of carbonyl (C=O) groups is 1. The monoisotopic (exact) mass is 363 g/mol.